The van der Waals surface area contributed by atoms with Crippen molar-refractivity contribution >= 4 is 17.6 Å². The van der Waals surface area contributed by atoms with Gasteiger partial charge in [-0.25, -0.2) is 19.3 Å². The minimum atomic E-state index is -0.378. The lowest BCUT2D eigenvalue weighted by atomic mass is 10.1. The molecule has 1 N–H and O–H groups in total. The van der Waals surface area contributed by atoms with Crippen LogP contribution in [0.5, 0.6) is 0 Å². The summed E-state index contributed by atoms with van der Waals surface area (Å²) in [6, 6.07) is 9.61. The number of aromatic amines is 1. The molecule has 1 amide bonds. The number of hydrogen-bond donors (Lipinski definition) is 1. The lowest BCUT2D eigenvalue weighted by Gasteiger charge is -2.11. The molecule has 1 aliphatic rings. The molecule has 9 heteroatoms. The van der Waals surface area contributed by atoms with Gasteiger partial charge in [0.2, 0.25) is 0 Å². The zero-order valence-corrected chi connectivity index (χ0v) is 14.4. The van der Waals surface area contributed by atoms with E-state index in [1.807, 2.05) is 31.2 Å². The number of amides is 1. The first-order valence-corrected chi connectivity index (χ1v) is 8.48. The van der Waals surface area contributed by atoms with Gasteiger partial charge in [-0.05, 0) is 18.6 Å². The summed E-state index contributed by atoms with van der Waals surface area (Å²) in [6.45, 7) is 2.34. The van der Waals surface area contributed by atoms with Crippen molar-refractivity contribution in [3.8, 4) is 22.5 Å². The minimum Gasteiger partial charge on any atom is -0.444 e. The fourth-order valence-corrected chi connectivity index (χ4v) is 3.15. The molecule has 0 radical (unpaired) electrons. The van der Waals surface area contributed by atoms with Gasteiger partial charge in [-0.3, -0.25) is 10.00 Å². The molecule has 9 nitrogen and oxygen atoms in total. The van der Waals surface area contributed by atoms with Crippen LogP contribution in [0.15, 0.2) is 49.1 Å². The largest absolute Gasteiger partial charge is 0.444 e. The Morgan fingerprint density at radius 1 is 1.19 bits per heavy atom. The molecule has 1 saturated heterocycles. The second-order valence-corrected chi connectivity index (χ2v) is 6.32. The van der Waals surface area contributed by atoms with Crippen LogP contribution in [0.3, 0.4) is 0 Å². The number of nitrogens with zero attached hydrogens (tertiary/aromatic N) is 6. The highest BCUT2D eigenvalue weighted by Gasteiger charge is 2.30. The average molecular weight is 361 g/mol. The zero-order chi connectivity index (χ0) is 18.4. The molecule has 134 valence electrons. The van der Waals surface area contributed by atoms with Gasteiger partial charge < -0.3 is 4.74 Å². The molecule has 0 saturated carbocycles. The third kappa shape index (κ3) is 2.60. The van der Waals surface area contributed by atoms with Gasteiger partial charge in [-0.2, -0.15) is 10.2 Å². The van der Waals surface area contributed by atoms with Crippen molar-refractivity contribution in [2.24, 2.45) is 0 Å². The SMILES string of the molecule is CC1CN(c2ccn3ncc(-c4ccc(-c5nc[nH]n5)cc4)c3n2)C(=O)O1. The highest BCUT2D eigenvalue weighted by Crippen LogP contribution is 2.28. The van der Waals surface area contributed by atoms with Crippen LogP contribution >= 0.6 is 0 Å². The lowest BCUT2D eigenvalue weighted by molar-refractivity contribution is 0.150. The molecule has 1 aromatic carbocycles. The van der Waals surface area contributed by atoms with Crippen molar-refractivity contribution in [1.29, 1.82) is 0 Å². The van der Waals surface area contributed by atoms with E-state index in [-0.39, 0.29) is 12.2 Å². The van der Waals surface area contributed by atoms with Crippen LogP contribution in [-0.4, -0.2) is 48.5 Å². The molecule has 5 rings (SSSR count). The number of fused-ring (bicyclic) bond motifs is 1. The van der Waals surface area contributed by atoms with Gasteiger partial charge in [0.05, 0.1) is 12.7 Å². The number of ether oxygens (including phenoxy) is 1. The van der Waals surface area contributed by atoms with Crippen LogP contribution in [0.1, 0.15) is 6.92 Å². The van der Waals surface area contributed by atoms with Crippen molar-refractivity contribution in [2.75, 3.05) is 11.4 Å². The van der Waals surface area contributed by atoms with Crippen LogP contribution in [0.2, 0.25) is 0 Å². The van der Waals surface area contributed by atoms with E-state index in [1.165, 1.54) is 4.90 Å². The van der Waals surface area contributed by atoms with Crippen LogP contribution in [0.25, 0.3) is 28.2 Å². The van der Waals surface area contributed by atoms with E-state index >= 15 is 0 Å². The third-order valence-electron chi connectivity index (χ3n) is 4.46. The van der Waals surface area contributed by atoms with E-state index in [1.54, 1.807) is 29.3 Å². The molecule has 3 aromatic heterocycles. The van der Waals surface area contributed by atoms with E-state index in [0.717, 1.165) is 16.7 Å². The summed E-state index contributed by atoms with van der Waals surface area (Å²) in [5, 5.41) is 11.1. The number of aromatic nitrogens is 6. The highest BCUT2D eigenvalue weighted by atomic mass is 16.6. The fourth-order valence-electron chi connectivity index (χ4n) is 3.15. The standard InChI is InChI=1S/C18H15N7O2/c1-11-9-24(18(26)27-11)15-6-7-25-17(22-15)14(8-21-25)12-2-4-13(5-3-12)16-19-10-20-23-16/h2-8,10-11H,9H2,1H3,(H,19,20,23). The molecule has 1 unspecified atom stereocenters. The molecular weight excluding hydrogens is 346 g/mol. The average Bonchev–Trinajstić information content (AvgIpc) is 3.41. The number of carbonyl (C=O) groups is 1. The Balaban J connectivity index is 1.53. The maximum atomic E-state index is 12.0. The summed E-state index contributed by atoms with van der Waals surface area (Å²) in [4.78, 5) is 22.3. The van der Waals surface area contributed by atoms with E-state index in [9.17, 15) is 4.79 Å². The van der Waals surface area contributed by atoms with Gasteiger partial charge >= 0.3 is 6.09 Å². The predicted octanol–water partition coefficient (Wildman–Crippen LogP) is 2.53. The van der Waals surface area contributed by atoms with E-state index in [0.29, 0.717) is 23.8 Å². The maximum absolute atomic E-state index is 12.0. The Hall–Kier alpha value is -3.75. The smallest absolute Gasteiger partial charge is 0.415 e. The molecule has 4 aromatic rings. The molecule has 1 aliphatic heterocycles. The first-order valence-electron chi connectivity index (χ1n) is 8.48. The van der Waals surface area contributed by atoms with Crippen LogP contribution in [-0.2, 0) is 4.74 Å². The number of cyclic esters (lactones) is 1. The maximum Gasteiger partial charge on any atom is 0.415 e. The van der Waals surface area contributed by atoms with Gasteiger partial charge in [0, 0.05) is 17.3 Å². The summed E-state index contributed by atoms with van der Waals surface area (Å²) in [6.07, 6.45) is 4.57. The van der Waals surface area contributed by atoms with Crippen molar-refractivity contribution in [3.05, 3.63) is 49.1 Å². The van der Waals surface area contributed by atoms with E-state index in [4.69, 9.17) is 4.74 Å². The van der Waals surface area contributed by atoms with Gasteiger partial charge in [-0.15, -0.1) is 0 Å². The fraction of sp³-hybridized carbons (Fsp3) is 0.167. The lowest BCUT2D eigenvalue weighted by Crippen LogP contribution is -2.25. The Morgan fingerprint density at radius 3 is 2.70 bits per heavy atom. The number of carbonyl (C=O) groups excluding carboxylic acids is 1. The van der Waals surface area contributed by atoms with Crippen molar-refractivity contribution in [1.82, 2.24) is 29.8 Å². The third-order valence-corrected chi connectivity index (χ3v) is 4.46. The monoisotopic (exact) mass is 361 g/mol. The quantitative estimate of drug-likeness (QED) is 0.602. The van der Waals surface area contributed by atoms with Crippen molar-refractivity contribution < 1.29 is 9.53 Å². The topological polar surface area (TPSA) is 101 Å². The summed E-state index contributed by atoms with van der Waals surface area (Å²) in [5.41, 5.74) is 3.43. The Morgan fingerprint density at radius 2 is 2.00 bits per heavy atom. The van der Waals surface area contributed by atoms with Gasteiger partial charge in [-0.1, -0.05) is 24.3 Å². The summed E-state index contributed by atoms with van der Waals surface area (Å²) < 4.78 is 6.88. The van der Waals surface area contributed by atoms with Crippen molar-refractivity contribution in [2.45, 2.75) is 13.0 Å². The van der Waals surface area contributed by atoms with Gasteiger partial charge in [0.15, 0.2) is 11.5 Å². The first-order chi connectivity index (χ1) is 13.2. The summed E-state index contributed by atoms with van der Waals surface area (Å²) in [7, 11) is 0. The van der Waals surface area contributed by atoms with Crippen molar-refractivity contribution in [3.63, 3.8) is 0 Å². The normalized spacial score (nSPS) is 16.9. The number of nitrogens with one attached hydrogen (secondary N) is 1. The summed E-state index contributed by atoms with van der Waals surface area (Å²) >= 11 is 0. The molecule has 1 fully saturated rings. The Kier molecular flexibility index (Phi) is 3.39. The number of rotatable bonds is 3. The minimum absolute atomic E-state index is 0.150. The number of anilines is 1. The van der Waals surface area contributed by atoms with E-state index in [2.05, 4.69) is 25.3 Å². The molecule has 1 atom stereocenters. The van der Waals surface area contributed by atoms with Gasteiger partial charge in [0.1, 0.15) is 18.2 Å². The molecule has 0 bridgehead atoms. The highest BCUT2D eigenvalue weighted by molar-refractivity contribution is 5.89. The molecule has 0 aliphatic carbocycles. The Labute approximate surface area is 153 Å². The van der Waals surface area contributed by atoms with Crippen LogP contribution in [0.4, 0.5) is 10.6 Å². The van der Waals surface area contributed by atoms with Gasteiger partial charge in [0.25, 0.3) is 0 Å². The molecule has 27 heavy (non-hydrogen) atoms. The first kappa shape index (κ1) is 15.5. The molecular formula is C18H15N7O2. The molecule has 0 spiro atoms. The second kappa shape index (κ2) is 5.90. The van der Waals surface area contributed by atoms with Crippen LogP contribution < -0.4 is 4.90 Å². The number of H-pyrrole nitrogens is 1. The summed E-state index contributed by atoms with van der Waals surface area (Å²) in [5.74, 6) is 1.19. The molecule has 4 heterocycles. The predicted molar refractivity (Wildman–Crippen MR) is 97.1 cm³/mol. The Bertz CT molecular complexity index is 1120. The zero-order valence-electron chi connectivity index (χ0n) is 14.4. The number of hydrogen-bond acceptors (Lipinski definition) is 6. The van der Waals surface area contributed by atoms with E-state index < -0.39 is 0 Å². The number of benzene rings is 1. The second-order valence-electron chi connectivity index (χ2n) is 6.32. The van der Waals surface area contributed by atoms with Crippen LogP contribution in [0, 0.1) is 0 Å².